The van der Waals surface area contributed by atoms with Crippen molar-refractivity contribution >= 4 is 40.2 Å². The molecule has 1 aliphatic rings. The SMILES string of the molecule is COC(=O)c1sc(N2C(=O)C(O)=C(C(=O)/C=C/c3ccccc3)C2c2cc(OC)c(OC)c(OC)c2)nc1C. The molecule has 10 nitrogen and oxygen atoms in total. The monoisotopic (exact) mass is 550 g/mol. The van der Waals surface area contributed by atoms with Crippen LogP contribution in [0.1, 0.15) is 32.5 Å². The minimum atomic E-state index is -1.13. The molecule has 0 saturated carbocycles. The number of aliphatic hydroxyl groups is 1. The predicted molar refractivity (Wildman–Crippen MR) is 145 cm³/mol. The van der Waals surface area contributed by atoms with E-state index in [0.29, 0.717) is 17.0 Å². The number of carbonyl (C=O) groups is 3. The lowest BCUT2D eigenvalue weighted by Crippen LogP contribution is -2.31. The number of benzene rings is 2. The highest BCUT2D eigenvalue weighted by Gasteiger charge is 2.46. The second-order valence-corrected chi connectivity index (χ2v) is 9.29. The number of aromatic nitrogens is 1. The van der Waals surface area contributed by atoms with Crippen LogP contribution in [0.25, 0.3) is 6.08 Å². The number of thiazole rings is 1. The number of ether oxygens (including phenoxy) is 4. The van der Waals surface area contributed by atoms with Crippen LogP contribution in [0.15, 0.2) is 59.9 Å². The zero-order valence-electron chi connectivity index (χ0n) is 21.9. The van der Waals surface area contributed by atoms with Gasteiger partial charge >= 0.3 is 5.97 Å². The van der Waals surface area contributed by atoms with Crippen molar-refractivity contribution in [2.75, 3.05) is 33.3 Å². The average Bonchev–Trinajstić information content (AvgIpc) is 3.47. The lowest BCUT2D eigenvalue weighted by Gasteiger charge is -2.25. The number of hydrogen-bond acceptors (Lipinski definition) is 10. The average molecular weight is 551 g/mol. The van der Waals surface area contributed by atoms with Gasteiger partial charge < -0.3 is 24.1 Å². The fourth-order valence-electron chi connectivity index (χ4n) is 4.22. The first kappa shape index (κ1) is 27.4. The number of carbonyl (C=O) groups excluding carboxylic acids is 3. The summed E-state index contributed by atoms with van der Waals surface area (Å²) in [5, 5.41) is 11.1. The standard InChI is InChI=1S/C28H26N2O8S/c1-15-25(27(34)38-5)39-28(29-15)30-22(17-13-19(35-2)24(37-4)20(14-17)36-3)21(23(32)26(30)33)18(31)12-11-16-9-7-6-8-10-16/h6-14,22,32H,1-5H3/b12-11+. The van der Waals surface area contributed by atoms with Gasteiger partial charge in [0.25, 0.3) is 5.91 Å². The summed E-state index contributed by atoms with van der Waals surface area (Å²) in [7, 11) is 5.57. The van der Waals surface area contributed by atoms with Gasteiger partial charge in [-0.3, -0.25) is 14.5 Å². The van der Waals surface area contributed by atoms with Crippen molar-refractivity contribution in [3.8, 4) is 17.2 Å². The molecule has 0 aliphatic carbocycles. The molecule has 3 aromatic rings. The maximum atomic E-state index is 13.5. The maximum absolute atomic E-state index is 13.5. The molecule has 1 N–H and O–H groups in total. The zero-order valence-corrected chi connectivity index (χ0v) is 22.7. The lowest BCUT2D eigenvalue weighted by atomic mass is 9.95. The van der Waals surface area contributed by atoms with Crippen molar-refractivity contribution in [3.63, 3.8) is 0 Å². The third-order valence-electron chi connectivity index (χ3n) is 6.07. The summed E-state index contributed by atoms with van der Waals surface area (Å²) in [6.07, 6.45) is 2.88. The number of amides is 1. The molecular weight excluding hydrogens is 524 g/mol. The van der Waals surface area contributed by atoms with E-state index in [4.69, 9.17) is 18.9 Å². The lowest BCUT2D eigenvalue weighted by molar-refractivity contribution is -0.117. The molecule has 1 aliphatic heterocycles. The van der Waals surface area contributed by atoms with E-state index in [0.717, 1.165) is 16.9 Å². The first-order valence-electron chi connectivity index (χ1n) is 11.6. The Hall–Kier alpha value is -4.64. The van der Waals surface area contributed by atoms with Gasteiger partial charge in [0.15, 0.2) is 28.2 Å². The summed E-state index contributed by atoms with van der Waals surface area (Å²) in [6, 6.07) is 11.2. The van der Waals surface area contributed by atoms with E-state index >= 15 is 0 Å². The number of allylic oxidation sites excluding steroid dienone is 1. The maximum Gasteiger partial charge on any atom is 0.350 e. The Balaban J connectivity index is 1.90. The molecule has 1 unspecified atom stereocenters. The van der Waals surface area contributed by atoms with Crippen molar-refractivity contribution in [1.29, 1.82) is 0 Å². The largest absolute Gasteiger partial charge is 0.503 e. The Morgan fingerprint density at radius 3 is 2.23 bits per heavy atom. The highest BCUT2D eigenvalue weighted by Crippen LogP contribution is 2.47. The van der Waals surface area contributed by atoms with Crippen LogP contribution in [0.4, 0.5) is 5.13 Å². The number of aliphatic hydroxyl groups excluding tert-OH is 1. The number of ketones is 1. The summed E-state index contributed by atoms with van der Waals surface area (Å²) in [4.78, 5) is 45.0. The number of nitrogens with zero attached hydrogens (tertiary/aromatic N) is 2. The number of methoxy groups -OCH3 is 4. The van der Waals surface area contributed by atoms with E-state index in [2.05, 4.69) is 4.98 Å². The van der Waals surface area contributed by atoms with Gasteiger partial charge in [-0.05, 0) is 36.3 Å². The van der Waals surface area contributed by atoms with E-state index in [-0.39, 0.29) is 27.1 Å². The third kappa shape index (κ3) is 5.08. The van der Waals surface area contributed by atoms with E-state index in [1.807, 2.05) is 30.3 Å². The summed E-state index contributed by atoms with van der Waals surface area (Å²) >= 11 is 0.910. The molecular formula is C28H26N2O8S. The molecule has 1 amide bonds. The molecule has 0 saturated heterocycles. The minimum Gasteiger partial charge on any atom is -0.503 e. The van der Waals surface area contributed by atoms with Crippen LogP contribution >= 0.6 is 11.3 Å². The van der Waals surface area contributed by atoms with Gasteiger partial charge in [0.05, 0.1) is 45.7 Å². The van der Waals surface area contributed by atoms with E-state index in [1.165, 1.54) is 39.4 Å². The van der Waals surface area contributed by atoms with Crippen molar-refractivity contribution in [3.05, 3.63) is 81.6 Å². The molecule has 1 atom stereocenters. The molecule has 202 valence electrons. The molecule has 39 heavy (non-hydrogen) atoms. The Bertz CT molecular complexity index is 1470. The number of hydrogen-bond donors (Lipinski definition) is 1. The van der Waals surface area contributed by atoms with Crippen LogP contribution < -0.4 is 19.1 Å². The van der Waals surface area contributed by atoms with Crippen LogP contribution in [-0.2, 0) is 14.3 Å². The molecule has 4 rings (SSSR count). The van der Waals surface area contributed by atoms with E-state index in [9.17, 15) is 19.5 Å². The predicted octanol–water partition coefficient (Wildman–Crippen LogP) is 4.45. The molecule has 2 aromatic carbocycles. The van der Waals surface area contributed by atoms with Crippen molar-refractivity contribution < 1.29 is 38.4 Å². The number of anilines is 1. The van der Waals surface area contributed by atoms with Gasteiger partial charge in [-0.2, -0.15) is 0 Å². The van der Waals surface area contributed by atoms with Gasteiger partial charge in [0.2, 0.25) is 5.75 Å². The van der Waals surface area contributed by atoms with Crippen LogP contribution in [0.3, 0.4) is 0 Å². The molecule has 0 fully saturated rings. The molecule has 0 bridgehead atoms. The van der Waals surface area contributed by atoms with Gasteiger partial charge in [0.1, 0.15) is 4.88 Å². The molecule has 2 heterocycles. The van der Waals surface area contributed by atoms with Crippen LogP contribution in [0.5, 0.6) is 17.2 Å². The second-order valence-electron chi connectivity index (χ2n) is 8.31. The fourth-order valence-corrected chi connectivity index (χ4v) is 5.23. The minimum absolute atomic E-state index is 0.0954. The first-order chi connectivity index (χ1) is 18.7. The van der Waals surface area contributed by atoms with Crippen molar-refractivity contribution in [1.82, 2.24) is 4.98 Å². The van der Waals surface area contributed by atoms with Crippen LogP contribution in [0.2, 0.25) is 0 Å². The topological polar surface area (TPSA) is 124 Å². The van der Waals surface area contributed by atoms with Crippen LogP contribution in [-0.4, -0.2) is 56.2 Å². The summed E-state index contributed by atoms with van der Waals surface area (Å²) in [5.41, 5.74) is 1.30. The van der Waals surface area contributed by atoms with Gasteiger partial charge in [-0.1, -0.05) is 47.7 Å². The van der Waals surface area contributed by atoms with E-state index < -0.39 is 29.5 Å². The Morgan fingerprint density at radius 2 is 1.67 bits per heavy atom. The zero-order chi connectivity index (χ0) is 28.3. The molecule has 0 spiro atoms. The Kier molecular flexibility index (Phi) is 8.01. The molecule has 1 aromatic heterocycles. The molecule has 0 radical (unpaired) electrons. The molecule has 11 heteroatoms. The van der Waals surface area contributed by atoms with E-state index in [1.54, 1.807) is 25.1 Å². The summed E-state index contributed by atoms with van der Waals surface area (Å²) < 4.78 is 21.2. The second kappa shape index (κ2) is 11.4. The quantitative estimate of drug-likeness (QED) is 0.304. The van der Waals surface area contributed by atoms with Crippen LogP contribution in [0, 0.1) is 6.92 Å². The Morgan fingerprint density at radius 1 is 1.03 bits per heavy atom. The highest BCUT2D eigenvalue weighted by atomic mass is 32.1. The highest BCUT2D eigenvalue weighted by molar-refractivity contribution is 7.17. The van der Waals surface area contributed by atoms with Crippen molar-refractivity contribution in [2.45, 2.75) is 13.0 Å². The number of aryl methyl sites for hydroxylation is 1. The fraction of sp³-hybridized carbons (Fsp3) is 0.214. The van der Waals surface area contributed by atoms with Gasteiger partial charge in [-0.15, -0.1) is 0 Å². The van der Waals surface area contributed by atoms with Gasteiger partial charge in [-0.25, -0.2) is 9.78 Å². The normalized spacial score (nSPS) is 15.2. The smallest absolute Gasteiger partial charge is 0.350 e. The Labute approximate surface area is 228 Å². The summed E-state index contributed by atoms with van der Waals surface area (Å²) in [5.74, 6) is -1.92. The van der Waals surface area contributed by atoms with Gasteiger partial charge in [0, 0.05) is 0 Å². The number of esters is 1. The summed E-state index contributed by atoms with van der Waals surface area (Å²) in [6.45, 7) is 1.60. The third-order valence-corrected chi connectivity index (χ3v) is 7.20. The number of rotatable bonds is 9. The van der Waals surface area contributed by atoms with Crippen molar-refractivity contribution in [2.24, 2.45) is 0 Å². The first-order valence-corrected chi connectivity index (χ1v) is 12.5.